The number of alkyl halides is 1. The van der Waals surface area contributed by atoms with Crippen molar-refractivity contribution in [2.75, 3.05) is 23.6 Å². The van der Waals surface area contributed by atoms with E-state index >= 15 is 0 Å². The van der Waals surface area contributed by atoms with Gasteiger partial charge in [0.15, 0.2) is 9.84 Å². The molecule has 0 bridgehead atoms. The van der Waals surface area contributed by atoms with Crippen molar-refractivity contribution < 1.29 is 18.0 Å². The Balaban J connectivity index is 2.16. The lowest BCUT2D eigenvalue weighted by Crippen LogP contribution is -2.26. The first-order valence-electron chi connectivity index (χ1n) is 9.37. The van der Waals surface area contributed by atoms with Gasteiger partial charge in [0, 0.05) is 37.9 Å². The molecule has 28 heavy (non-hydrogen) atoms. The van der Waals surface area contributed by atoms with Crippen LogP contribution in [-0.4, -0.2) is 38.8 Å². The zero-order valence-corrected chi connectivity index (χ0v) is 18.3. The third-order valence-electron chi connectivity index (χ3n) is 5.06. The maximum atomic E-state index is 12.8. The van der Waals surface area contributed by atoms with Gasteiger partial charge in [0.1, 0.15) is 5.78 Å². The van der Waals surface area contributed by atoms with Crippen LogP contribution >= 0.6 is 11.6 Å². The molecule has 1 aromatic rings. The Bertz CT molecular complexity index is 874. The average Bonchev–Trinajstić information content (AvgIpc) is 2.71. The Kier molecular flexibility index (Phi) is 7.46. The number of carbonyl (C=O) groups excluding carboxylic acids is 2. The van der Waals surface area contributed by atoms with Crippen LogP contribution in [0.15, 0.2) is 35.9 Å². The molecule has 1 amide bonds. The van der Waals surface area contributed by atoms with E-state index in [2.05, 4.69) is 0 Å². The van der Waals surface area contributed by atoms with E-state index in [1.807, 2.05) is 19.9 Å². The molecule has 0 atom stereocenters. The van der Waals surface area contributed by atoms with Crippen molar-refractivity contribution in [3.8, 4) is 0 Å². The van der Waals surface area contributed by atoms with Gasteiger partial charge in [-0.15, -0.1) is 11.6 Å². The zero-order valence-electron chi connectivity index (χ0n) is 16.7. The third-order valence-corrected chi connectivity index (χ3v) is 6.78. The minimum Gasteiger partial charge on any atom is -0.315 e. The smallest absolute Gasteiger partial charge is 0.227 e. The molecule has 0 aliphatic heterocycles. The van der Waals surface area contributed by atoms with Crippen LogP contribution in [0.2, 0.25) is 0 Å². The van der Waals surface area contributed by atoms with Gasteiger partial charge in [-0.2, -0.15) is 0 Å². The lowest BCUT2D eigenvalue weighted by atomic mass is 9.81. The highest BCUT2D eigenvalue weighted by Crippen LogP contribution is 2.35. The van der Waals surface area contributed by atoms with E-state index in [1.54, 1.807) is 31.3 Å². The molecule has 1 aliphatic carbocycles. The van der Waals surface area contributed by atoms with Gasteiger partial charge in [0.2, 0.25) is 5.91 Å². The van der Waals surface area contributed by atoms with E-state index in [1.165, 1.54) is 4.90 Å². The number of hydrogen-bond donors (Lipinski definition) is 0. The van der Waals surface area contributed by atoms with Crippen LogP contribution < -0.4 is 4.90 Å². The molecule has 0 radical (unpaired) electrons. The molecule has 5 nitrogen and oxygen atoms in total. The van der Waals surface area contributed by atoms with E-state index in [-0.39, 0.29) is 35.5 Å². The van der Waals surface area contributed by atoms with Gasteiger partial charge in [0.05, 0.1) is 11.5 Å². The van der Waals surface area contributed by atoms with Crippen LogP contribution in [-0.2, 0) is 25.2 Å². The highest BCUT2D eigenvalue weighted by atomic mass is 35.5. The van der Waals surface area contributed by atoms with Crippen molar-refractivity contribution in [3.05, 3.63) is 41.5 Å². The first-order valence-corrected chi connectivity index (χ1v) is 11.7. The summed E-state index contributed by atoms with van der Waals surface area (Å²) in [4.78, 5) is 25.4. The summed E-state index contributed by atoms with van der Waals surface area (Å²) in [5.41, 5.74) is 1.63. The first-order chi connectivity index (χ1) is 13.0. The van der Waals surface area contributed by atoms with Gasteiger partial charge < -0.3 is 4.90 Å². The lowest BCUT2D eigenvalue weighted by molar-refractivity contribution is -0.120. The monoisotopic (exact) mass is 425 g/mol. The number of nitrogens with zero attached hydrogens (tertiary/aromatic N) is 1. The van der Waals surface area contributed by atoms with Crippen LogP contribution in [0.3, 0.4) is 0 Å². The molecular formula is C21H28ClNO4S. The second kappa shape index (κ2) is 9.23. The second-order valence-corrected chi connectivity index (χ2v) is 10.4. The number of carbonyl (C=O) groups is 2. The Morgan fingerprint density at radius 3 is 2.64 bits per heavy atom. The van der Waals surface area contributed by atoms with Gasteiger partial charge in [-0.25, -0.2) is 8.42 Å². The summed E-state index contributed by atoms with van der Waals surface area (Å²) >= 11 is 5.63. The highest BCUT2D eigenvalue weighted by molar-refractivity contribution is 7.90. The highest BCUT2D eigenvalue weighted by Gasteiger charge is 2.31. The zero-order chi connectivity index (χ0) is 20.9. The van der Waals surface area contributed by atoms with Crippen molar-refractivity contribution in [2.24, 2.45) is 5.41 Å². The number of ketones is 1. The van der Waals surface area contributed by atoms with Crippen molar-refractivity contribution >= 4 is 38.8 Å². The lowest BCUT2D eigenvalue weighted by Gasteiger charge is -2.26. The molecule has 7 heteroatoms. The quantitative estimate of drug-likeness (QED) is 0.490. The molecule has 2 rings (SSSR count). The largest absolute Gasteiger partial charge is 0.315 e. The van der Waals surface area contributed by atoms with Gasteiger partial charge in [-0.1, -0.05) is 37.6 Å². The number of hydrogen-bond acceptors (Lipinski definition) is 4. The molecule has 0 heterocycles. The number of allylic oxidation sites excluding steroid dienone is 1. The summed E-state index contributed by atoms with van der Waals surface area (Å²) in [6, 6.07) is 6.99. The summed E-state index contributed by atoms with van der Waals surface area (Å²) in [5.74, 6) is 0.124. The van der Waals surface area contributed by atoms with Crippen LogP contribution in [0, 0.1) is 5.41 Å². The number of benzene rings is 1. The maximum absolute atomic E-state index is 12.8. The first kappa shape index (κ1) is 22.6. The predicted molar refractivity (Wildman–Crippen MR) is 113 cm³/mol. The Labute approximate surface area is 172 Å². The van der Waals surface area contributed by atoms with E-state index in [0.29, 0.717) is 30.5 Å². The molecule has 154 valence electrons. The Hall–Kier alpha value is -1.66. The normalized spacial score (nSPS) is 17.0. The molecule has 0 spiro atoms. The van der Waals surface area contributed by atoms with E-state index < -0.39 is 15.3 Å². The van der Waals surface area contributed by atoms with Crippen molar-refractivity contribution in [1.29, 1.82) is 0 Å². The summed E-state index contributed by atoms with van der Waals surface area (Å²) in [7, 11) is -1.76. The fourth-order valence-electron chi connectivity index (χ4n) is 3.42. The van der Waals surface area contributed by atoms with Gasteiger partial charge in [-0.05, 0) is 29.5 Å². The number of amides is 1. The Morgan fingerprint density at radius 2 is 1.96 bits per heavy atom. The molecule has 1 aliphatic rings. The van der Waals surface area contributed by atoms with Gasteiger partial charge in [0.25, 0.3) is 0 Å². The molecule has 0 aromatic heterocycles. The standard InChI is InChI=1S/C21H28ClNO4S/c1-21(2)13-19(24)9-5-7-17(21)15-28(26,27)14-16-6-4-8-18(12-16)23(3)20(25)10-11-22/h4,6-8,12H,5,9-11,13-15H2,1-3H3. The number of rotatable bonds is 7. The Morgan fingerprint density at radius 1 is 1.25 bits per heavy atom. The van der Waals surface area contributed by atoms with E-state index in [9.17, 15) is 18.0 Å². The van der Waals surface area contributed by atoms with Crippen LogP contribution in [0.4, 0.5) is 5.69 Å². The van der Waals surface area contributed by atoms with E-state index in [4.69, 9.17) is 11.6 Å². The molecular weight excluding hydrogens is 398 g/mol. The maximum Gasteiger partial charge on any atom is 0.227 e. The fourth-order valence-corrected chi connectivity index (χ4v) is 5.36. The number of Topliss-reactive ketones (excluding diaryl/α,β-unsaturated/α-hetero) is 1. The van der Waals surface area contributed by atoms with E-state index in [0.717, 1.165) is 5.57 Å². The SMILES string of the molecule is CN(C(=O)CCCl)c1cccc(CS(=O)(=O)CC2=CCCC(=O)CC2(C)C)c1. The molecule has 1 aromatic carbocycles. The van der Waals surface area contributed by atoms with Crippen molar-refractivity contribution in [1.82, 2.24) is 0 Å². The summed E-state index contributed by atoms with van der Waals surface area (Å²) in [6.45, 7) is 3.85. The van der Waals surface area contributed by atoms with Crippen molar-refractivity contribution in [2.45, 2.75) is 45.3 Å². The average molecular weight is 426 g/mol. The van der Waals surface area contributed by atoms with Crippen LogP contribution in [0.25, 0.3) is 0 Å². The third kappa shape index (κ3) is 6.17. The van der Waals surface area contributed by atoms with Gasteiger partial charge in [-0.3, -0.25) is 9.59 Å². The molecule has 0 unspecified atom stereocenters. The molecule has 0 N–H and O–H groups in total. The number of sulfone groups is 1. The minimum absolute atomic E-state index is 0.0570. The molecule has 0 saturated carbocycles. The molecule has 0 saturated heterocycles. The summed E-state index contributed by atoms with van der Waals surface area (Å²) < 4.78 is 25.7. The van der Waals surface area contributed by atoms with Crippen LogP contribution in [0.5, 0.6) is 0 Å². The summed E-state index contributed by atoms with van der Waals surface area (Å²) in [6.07, 6.45) is 3.57. The minimum atomic E-state index is -3.42. The molecule has 0 fully saturated rings. The second-order valence-electron chi connectivity index (χ2n) is 7.96. The topological polar surface area (TPSA) is 71.5 Å². The van der Waals surface area contributed by atoms with Crippen molar-refractivity contribution in [3.63, 3.8) is 0 Å². The van der Waals surface area contributed by atoms with Gasteiger partial charge >= 0.3 is 0 Å². The number of anilines is 1. The van der Waals surface area contributed by atoms with Crippen LogP contribution in [0.1, 0.15) is 45.1 Å². The number of halogens is 1. The fraction of sp³-hybridized carbons (Fsp3) is 0.524. The predicted octanol–water partition coefficient (Wildman–Crippen LogP) is 3.90. The summed E-state index contributed by atoms with van der Waals surface area (Å²) in [5, 5.41) is 0.